The first-order valence-corrected chi connectivity index (χ1v) is 10.2. The maximum Gasteiger partial charge on any atom is 0.348 e. The second-order valence-electron chi connectivity index (χ2n) is 8.07. The monoisotopic (exact) mass is 384 g/mol. The molecule has 2 aromatic rings. The second kappa shape index (κ2) is 6.88. The van der Waals surface area contributed by atoms with Crippen LogP contribution in [0.25, 0.3) is 11.3 Å². The zero-order valence-electron chi connectivity index (χ0n) is 16.1. The lowest BCUT2D eigenvalue weighted by atomic mass is 10.0. The average molecular weight is 384 g/mol. The number of rotatable bonds is 1. The minimum absolute atomic E-state index is 0.0444. The van der Waals surface area contributed by atoms with Gasteiger partial charge < -0.3 is 14.5 Å². The topological polar surface area (TPSA) is 50.6 Å². The van der Waals surface area contributed by atoms with Gasteiger partial charge in [-0.1, -0.05) is 0 Å². The Hall–Kier alpha value is -2.41. The summed E-state index contributed by atoms with van der Waals surface area (Å²) in [6, 6.07) is 6.44. The van der Waals surface area contributed by atoms with Crippen molar-refractivity contribution in [2.45, 2.75) is 44.8 Å². The second-order valence-corrected chi connectivity index (χ2v) is 8.07. The van der Waals surface area contributed by atoms with E-state index in [1.54, 1.807) is 12.1 Å². The van der Waals surface area contributed by atoms with E-state index in [-0.39, 0.29) is 24.0 Å². The van der Waals surface area contributed by atoms with E-state index in [2.05, 4.69) is 10.00 Å². The van der Waals surface area contributed by atoms with Crippen LogP contribution >= 0.6 is 0 Å². The largest absolute Gasteiger partial charge is 0.474 e. The van der Waals surface area contributed by atoms with Crippen molar-refractivity contribution < 1.29 is 13.9 Å². The fourth-order valence-electron chi connectivity index (χ4n) is 4.61. The first kappa shape index (κ1) is 17.7. The van der Waals surface area contributed by atoms with Crippen molar-refractivity contribution in [2.75, 3.05) is 26.2 Å². The van der Waals surface area contributed by atoms with Crippen molar-refractivity contribution in [3.05, 3.63) is 35.6 Å². The molecule has 5 heterocycles. The van der Waals surface area contributed by atoms with E-state index in [9.17, 15) is 9.18 Å². The van der Waals surface area contributed by atoms with Crippen molar-refractivity contribution in [1.29, 1.82) is 0 Å². The summed E-state index contributed by atoms with van der Waals surface area (Å²) in [7, 11) is 0. The van der Waals surface area contributed by atoms with Gasteiger partial charge in [-0.3, -0.25) is 0 Å². The van der Waals surface area contributed by atoms with Crippen LogP contribution in [0, 0.1) is 5.82 Å². The number of hydrogen-bond donors (Lipinski definition) is 0. The van der Waals surface area contributed by atoms with E-state index in [1.165, 1.54) is 16.8 Å². The molecule has 4 aliphatic heterocycles. The molecular formula is C21H25FN4O2. The van der Waals surface area contributed by atoms with Crippen molar-refractivity contribution >= 4 is 6.03 Å². The molecule has 1 amide bonds. The van der Waals surface area contributed by atoms with Gasteiger partial charge in [-0.2, -0.15) is 5.10 Å². The molecule has 6 nitrogen and oxygen atoms in total. The smallest absolute Gasteiger partial charge is 0.348 e. The van der Waals surface area contributed by atoms with Crippen LogP contribution in [0.5, 0.6) is 5.88 Å². The molecule has 0 radical (unpaired) electrons. The number of carbonyl (C=O) groups excluding carboxylic acids is 1. The molecule has 1 aromatic heterocycles. The molecule has 0 aliphatic carbocycles. The number of piperidine rings is 1. The summed E-state index contributed by atoms with van der Waals surface area (Å²) >= 11 is 0. The third-order valence-electron chi connectivity index (χ3n) is 6.25. The van der Waals surface area contributed by atoms with Gasteiger partial charge in [-0.15, -0.1) is 4.68 Å². The van der Waals surface area contributed by atoms with Crippen LogP contribution in [0.3, 0.4) is 0 Å². The molecule has 1 aromatic carbocycles. The quantitative estimate of drug-likeness (QED) is 0.758. The van der Waals surface area contributed by atoms with Crippen LogP contribution in [0.2, 0.25) is 0 Å². The molecule has 3 saturated heterocycles. The van der Waals surface area contributed by atoms with Crippen molar-refractivity contribution in [2.24, 2.45) is 0 Å². The maximum atomic E-state index is 13.5. The Morgan fingerprint density at radius 1 is 1.11 bits per heavy atom. The fourth-order valence-corrected chi connectivity index (χ4v) is 4.61. The minimum atomic E-state index is -0.284. The van der Waals surface area contributed by atoms with Crippen LogP contribution in [0.1, 0.15) is 31.7 Å². The third-order valence-corrected chi connectivity index (χ3v) is 6.25. The van der Waals surface area contributed by atoms with Crippen LogP contribution in [-0.2, 0) is 6.42 Å². The normalized spacial score (nSPS) is 26.5. The highest BCUT2D eigenvalue weighted by Crippen LogP contribution is 2.36. The van der Waals surface area contributed by atoms with E-state index < -0.39 is 0 Å². The molecule has 0 unspecified atom stereocenters. The number of nitrogens with zero attached hydrogens (tertiary/aromatic N) is 4. The summed E-state index contributed by atoms with van der Waals surface area (Å²) in [6.45, 7) is 5.76. The lowest BCUT2D eigenvalue weighted by Gasteiger charge is -2.31. The molecule has 148 valence electrons. The highest BCUT2D eigenvalue weighted by molar-refractivity contribution is 5.81. The van der Waals surface area contributed by atoms with Gasteiger partial charge in [-0.05, 0) is 56.9 Å². The Labute approximate surface area is 163 Å². The minimum Gasteiger partial charge on any atom is -0.474 e. The maximum absolute atomic E-state index is 13.5. The van der Waals surface area contributed by atoms with Crippen molar-refractivity contribution in [3.8, 4) is 17.1 Å². The summed E-state index contributed by atoms with van der Waals surface area (Å²) in [6.07, 6.45) is 3.74. The molecule has 4 aliphatic rings. The predicted molar refractivity (Wildman–Crippen MR) is 103 cm³/mol. The zero-order valence-corrected chi connectivity index (χ0v) is 16.1. The Kier molecular flexibility index (Phi) is 4.34. The van der Waals surface area contributed by atoms with E-state index in [1.807, 2.05) is 11.8 Å². The summed E-state index contributed by atoms with van der Waals surface area (Å²) in [5.74, 6) is 0.274. The van der Waals surface area contributed by atoms with E-state index in [4.69, 9.17) is 4.74 Å². The zero-order chi connectivity index (χ0) is 19.3. The van der Waals surface area contributed by atoms with Gasteiger partial charge in [0.15, 0.2) is 0 Å². The number of benzene rings is 1. The first-order valence-electron chi connectivity index (χ1n) is 10.2. The molecule has 0 N–H and O–H groups in total. The van der Waals surface area contributed by atoms with Gasteiger partial charge in [-0.25, -0.2) is 9.18 Å². The highest BCUT2D eigenvalue weighted by atomic mass is 19.1. The van der Waals surface area contributed by atoms with Crippen LogP contribution in [0.15, 0.2) is 24.3 Å². The summed E-state index contributed by atoms with van der Waals surface area (Å²) in [4.78, 5) is 17.9. The molecule has 3 fully saturated rings. The van der Waals surface area contributed by atoms with Gasteiger partial charge in [0, 0.05) is 43.3 Å². The predicted octanol–water partition coefficient (Wildman–Crippen LogP) is 3.15. The van der Waals surface area contributed by atoms with Crippen molar-refractivity contribution in [1.82, 2.24) is 19.6 Å². The number of aromatic nitrogens is 2. The molecule has 7 heteroatoms. The molecule has 0 saturated carbocycles. The summed E-state index contributed by atoms with van der Waals surface area (Å²) in [5, 5.41) is 4.68. The lowest BCUT2D eigenvalue weighted by Crippen LogP contribution is -2.44. The number of amides is 1. The average Bonchev–Trinajstić information content (AvgIpc) is 2.84. The standard InChI is InChI=1S/C21H25FN4O2/c1-14-2-7-18-19(15-3-5-16(22)6-4-15)23-26(20(18)28-14)21(27)25-13-12-24-10-8-17(25)9-11-24/h3-6,14,17H,2,7-13H2,1H3/t14-/m1/s1. The molecule has 0 spiro atoms. The first-order chi connectivity index (χ1) is 13.6. The molecular weight excluding hydrogens is 359 g/mol. The number of hydrogen-bond acceptors (Lipinski definition) is 4. The summed E-state index contributed by atoms with van der Waals surface area (Å²) in [5.41, 5.74) is 2.48. The SMILES string of the molecule is C[C@@H]1CCc2c(-c3ccc(F)cc3)nn(C(=O)N3CCN4CCC3CC4)c2O1. The molecule has 2 bridgehead atoms. The Balaban J connectivity index is 1.55. The highest BCUT2D eigenvalue weighted by Gasteiger charge is 2.36. The van der Waals surface area contributed by atoms with Gasteiger partial charge in [0.05, 0.1) is 6.10 Å². The number of fused-ring (bicyclic) bond motifs is 5. The lowest BCUT2D eigenvalue weighted by molar-refractivity contribution is 0.150. The number of ether oxygens (including phenoxy) is 1. The van der Waals surface area contributed by atoms with E-state index in [0.29, 0.717) is 5.88 Å². The van der Waals surface area contributed by atoms with Gasteiger partial charge >= 0.3 is 6.03 Å². The van der Waals surface area contributed by atoms with Crippen LogP contribution in [0.4, 0.5) is 9.18 Å². The van der Waals surface area contributed by atoms with Gasteiger partial charge in [0.2, 0.25) is 5.88 Å². The molecule has 28 heavy (non-hydrogen) atoms. The number of carbonyl (C=O) groups is 1. The van der Waals surface area contributed by atoms with Crippen LogP contribution < -0.4 is 4.74 Å². The van der Waals surface area contributed by atoms with Crippen LogP contribution in [-0.4, -0.2) is 63.9 Å². The van der Waals surface area contributed by atoms with Gasteiger partial charge in [0.25, 0.3) is 0 Å². The van der Waals surface area contributed by atoms with E-state index in [0.717, 1.165) is 68.7 Å². The molecule has 1 atom stereocenters. The fraction of sp³-hybridized carbons (Fsp3) is 0.524. The van der Waals surface area contributed by atoms with Crippen molar-refractivity contribution in [3.63, 3.8) is 0 Å². The van der Waals surface area contributed by atoms with Gasteiger partial charge in [0.1, 0.15) is 11.5 Å². The molecule has 6 rings (SSSR count). The Bertz CT molecular complexity index is 887. The summed E-state index contributed by atoms with van der Waals surface area (Å²) < 4.78 is 20.9. The number of halogens is 1. The Morgan fingerprint density at radius 3 is 2.61 bits per heavy atom. The Morgan fingerprint density at radius 2 is 1.86 bits per heavy atom. The van der Waals surface area contributed by atoms with E-state index >= 15 is 0 Å². The third kappa shape index (κ3) is 2.98.